The Morgan fingerprint density at radius 1 is 1.08 bits per heavy atom. The lowest BCUT2D eigenvalue weighted by Gasteiger charge is -2.08. The highest BCUT2D eigenvalue weighted by Crippen LogP contribution is 2.30. The van der Waals surface area contributed by atoms with Crippen molar-refractivity contribution >= 4 is 22.4 Å². The number of benzene rings is 2. The zero-order valence-electron chi connectivity index (χ0n) is 13.6. The molecule has 0 saturated carbocycles. The third-order valence-electron chi connectivity index (χ3n) is 3.54. The lowest BCUT2D eigenvalue weighted by atomic mass is 10.1. The first-order chi connectivity index (χ1) is 11.6. The SMILES string of the molecule is Cc1ccccc1OCC(=O)Nc1nc(-c2ccccc2)c(C)s1. The number of aryl methyl sites for hydroxylation is 2. The summed E-state index contributed by atoms with van der Waals surface area (Å²) in [6, 6.07) is 17.6. The molecule has 0 unspecified atom stereocenters. The first-order valence-electron chi connectivity index (χ1n) is 7.64. The lowest BCUT2D eigenvalue weighted by molar-refractivity contribution is -0.118. The van der Waals surface area contributed by atoms with Crippen LogP contribution in [0.1, 0.15) is 10.4 Å². The van der Waals surface area contributed by atoms with E-state index in [2.05, 4.69) is 10.3 Å². The summed E-state index contributed by atoms with van der Waals surface area (Å²) >= 11 is 1.46. The van der Waals surface area contributed by atoms with Gasteiger partial charge in [-0.15, -0.1) is 11.3 Å². The van der Waals surface area contributed by atoms with Crippen molar-refractivity contribution < 1.29 is 9.53 Å². The third kappa shape index (κ3) is 3.81. The first kappa shape index (κ1) is 16.2. The molecule has 1 N–H and O–H groups in total. The summed E-state index contributed by atoms with van der Waals surface area (Å²) in [5.41, 5.74) is 2.94. The molecule has 0 atom stereocenters. The number of amides is 1. The fourth-order valence-electron chi connectivity index (χ4n) is 2.33. The molecule has 0 aliphatic rings. The summed E-state index contributed by atoms with van der Waals surface area (Å²) in [4.78, 5) is 17.7. The van der Waals surface area contributed by atoms with Crippen LogP contribution in [-0.4, -0.2) is 17.5 Å². The van der Waals surface area contributed by atoms with Gasteiger partial charge in [-0.25, -0.2) is 4.98 Å². The summed E-state index contributed by atoms with van der Waals surface area (Å²) in [7, 11) is 0. The predicted octanol–water partition coefficient (Wildman–Crippen LogP) is 4.44. The van der Waals surface area contributed by atoms with Gasteiger partial charge in [-0.2, -0.15) is 0 Å². The number of rotatable bonds is 5. The molecule has 0 saturated heterocycles. The largest absolute Gasteiger partial charge is 0.483 e. The van der Waals surface area contributed by atoms with Crippen LogP contribution in [0.25, 0.3) is 11.3 Å². The molecule has 3 aromatic rings. The topological polar surface area (TPSA) is 51.2 Å². The van der Waals surface area contributed by atoms with Crippen molar-refractivity contribution in [3.05, 3.63) is 65.0 Å². The van der Waals surface area contributed by atoms with Crippen LogP contribution < -0.4 is 10.1 Å². The van der Waals surface area contributed by atoms with Crippen LogP contribution in [0.15, 0.2) is 54.6 Å². The molecule has 1 aromatic heterocycles. The smallest absolute Gasteiger partial charge is 0.264 e. The number of nitrogens with one attached hydrogen (secondary N) is 1. The maximum absolute atomic E-state index is 12.1. The Balaban J connectivity index is 1.64. The molecule has 4 nitrogen and oxygen atoms in total. The Bertz CT molecular complexity index is 844. The molecule has 0 bridgehead atoms. The number of nitrogens with zero attached hydrogens (tertiary/aromatic N) is 1. The van der Waals surface area contributed by atoms with Gasteiger partial charge in [0.05, 0.1) is 5.69 Å². The van der Waals surface area contributed by atoms with Crippen molar-refractivity contribution in [1.29, 1.82) is 0 Å². The van der Waals surface area contributed by atoms with E-state index in [-0.39, 0.29) is 12.5 Å². The number of ether oxygens (including phenoxy) is 1. The van der Waals surface area contributed by atoms with Crippen LogP contribution in [0.2, 0.25) is 0 Å². The van der Waals surface area contributed by atoms with Gasteiger partial charge in [-0.3, -0.25) is 10.1 Å². The fourth-order valence-corrected chi connectivity index (χ4v) is 3.18. The van der Waals surface area contributed by atoms with Gasteiger partial charge in [-0.05, 0) is 25.5 Å². The van der Waals surface area contributed by atoms with Gasteiger partial charge in [0.2, 0.25) is 0 Å². The van der Waals surface area contributed by atoms with E-state index in [9.17, 15) is 4.79 Å². The molecule has 5 heteroatoms. The number of hydrogen-bond acceptors (Lipinski definition) is 4. The summed E-state index contributed by atoms with van der Waals surface area (Å²) in [6.45, 7) is 3.91. The van der Waals surface area contributed by atoms with Gasteiger partial charge in [0.25, 0.3) is 5.91 Å². The number of aromatic nitrogens is 1. The number of carbonyl (C=O) groups excluding carboxylic acids is 1. The van der Waals surface area contributed by atoms with E-state index in [1.165, 1.54) is 11.3 Å². The van der Waals surface area contributed by atoms with Crippen LogP contribution in [0.4, 0.5) is 5.13 Å². The van der Waals surface area contributed by atoms with Crippen molar-refractivity contribution in [3.8, 4) is 17.0 Å². The average Bonchev–Trinajstić information content (AvgIpc) is 2.95. The Kier molecular flexibility index (Phi) is 4.91. The summed E-state index contributed by atoms with van der Waals surface area (Å²) in [5.74, 6) is 0.500. The molecule has 3 rings (SSSR count). The predicted molar refractivity (Wildman–Crippen MR) is 97.6 cm³/mol. The van der Waals surface area contributed by atoms with Gasteiger partial charge < -0.3 is 4.74 Å². The number of para-hydroxylation sites is 1. The number of carbonyl (C=O) groups is 1. The van der Waals surface area contributed by atoms with Crippen molar-refractivity contribution in [1.82, 2.24) is 4.98 Å². The quantitative estimate of drug-likeness (QED) is 0.748. The maximum atomic E-state index is 12.1. The normalized spacial score (nSPS) is 10.4. The van der Waals surface area contributed by atoms with Crippen LogP contribution in [0.5, 0.6) is 5.75 Å². The highest BCUT2D eigenvalue weighted by molar-refractivity contribution is 7.16. The Hall–Kier alpha value is -2.66. The molecule has 0 aliphatic heterocycles. The molecular weight excluding hydrogens is 320 g/mol. The monoisotopic (exact) mass is 338 g/mol. The Morgan fingerprint density at radius 2 is 1.79 bits per heavy atom. The van der Waals surface area contributed by atoms with E-state index in [4.69, 9.17) is 4.74 Å². The first-order valence-corrected chi connectivity index (χ1v) is 8.46. The van der Waals surface area contributed by atoms with E-state index in [0.29, 0.717) is 10.9 Å². The third-order valence-corrected chi connectivity index (χ3v) is 4.43. The second-order valence-electron chi connectivity index (χ2n) is 5.39. The number of hydrogen-bond donors (Lipinski definition) is 1. The van der Waals surface area contributed by atoms with E-state index >= 15 is 0 Å². The van der Waals surface area contributed by atoms with E-state index < -0.39 is 0 Å². The molecule has 1 heterocycles. The van der Waals surface area contributed by atoms with Gasteiger partial charge in [0, 0.05) is 10.4 Å². The van der Waals surface area contributed by atoms with Gasteiger partial charge in [0.15, 0.2) is 11.7 Å². The lowest BCUT2D eigenvalue weighted by Crippen LogP contribution is -2.20. The van der Waals surface area contributed by atoms with Crippen LogP contribution >= 0.6 is 11.3 Å². The molecule has 1 amide bonds. The second-order valence-corrected chi connectivity index (χ2v) is 6.60. The minimum atomic E-state index is -0.216. The minimum absolute atomic E-state index is 0.0375. The molecule has 0 aliphatic carbocycles. The number of anilines is 1. The van der Waals surface area contributed by atoms with Gasteiger partial charge >= 0.3 is 0 Å². The summed E-state index contributed by atoms with van der Waals surface area (Å²) in [6.07, 6.45) is 0. The van der Waals surface area contributed by atoms with Crippen LogP contribution in [0.3, 0.4) is 0 Å². The van der Waals surface area contributed by atoms with Crippen molar-refractivity contribution in [2.75, 3.05) is 11.9 Å². The standard InChI is InChI=1S/C19H18N2O2S/c1-13-8-6-7-11-16(13)23-12-17(22)20-19-21-18(14(2)24-19)15-9-4-3-5-10-15/h3-11H,12H2,1-2H3,(H,20,21,22). The average molecular weight is 338 g/mol. The highest BCUT2D eigenvalue weighted by atomic mass is 32.1. The van der Waals surface area contributed by atoms with E-state index in [0.717, 1.165) is 21.7 Å². The fraction of sp³-hybridized carbons (Fsp3) is 0.158. The maximum Gasteiger partial charge on any atom is 0.264 e. The summed E-state index contributed by atoms with van der Waals surface area (Å²) < 4.78 is 5.56. The van der Waals surface area contributed by atoms with Crippen molar-refractivity contribution in [3.63, 3.8) is 0 Å². The second kappa shape index (κ2) is 7.27. The van der Waals surface area contributed by atoms with Crippen LogP contribution in [0, 0.1) is 13.8 Å². The molecule has 24 heavy (non-hydrogen) atoms. The summed E-state index contributed by atoms with van der Waals surface area (Å²) in [5, 5.41) is 3.39. The van der Waals surface area contributed by atoms with Crippen molar-refractivity contribution in [2.24, 2.45) is 0 Å². The zero-order valence-corrected chi connectivity index (χ0v) is 14.4. The molecular formula is C19H18N2O2S. The number of thiazole rings is 1. The molecule has 0 radical (unpaired) electrons. The zero-order chi connectivity index (χ0) is 16.9. The molecule has 2 aromatic carbocycles. The highest BCUT2D eigenvalue weighted by Gasteiger charge is 2.12. The molecule has 0 spiro atoms. The van der Waals surface area contributed by atoms with Crippen molar-refractivity contribution in [2.45, 2.75) is 13.8 Å². The minimum Gasteiger partial charge on any atom is -0.483 e. The van der Waals surface area contributed by atoms with E-state index in [1.54, 1.807) is 0 Å². The molecule has 122 valence electrons. The molecule has 0 fully saturated rings. The van der Waals surface area contributed by atoms with E-state index in [1.807, 2.05) is 68.4 Å². The van der Waals surface area contributed by atoms with Crippen LogP contribution in [-0.2, 0) is 4.79 Å². The van der Waals surface area contributed by atoms with Gasteiger partial charge in [-0.1, -0.05) is 48.5 Å². The Labute approximate surface area is 145 Å². The van der Waals surface area contributed by atoms with Gasteiger partial charge in [0.1, 0.15) is 5.75 Å². The Morgan fingerprint density at radius 3 is 2.54 bits per heavy atom.